The van der Waals surface area contributed by atoms with E-state index in [0.29, 0.717) is 5.88 Å². The van der Waals surface area contributed by atoms with E-state index < -0.39 is 24.4 Å². The summed E-state index contributed by atoms with van der Waals surface area (Å²) in [5, 5.41) is 2.82. The van der Waals surface area contributed by atoms with Crippen LogP contribution in [0.15, 0.2) is 60.1 Å². The molecule has 164 valence electrons. The molecule has 1 aliphatic heterocycles. The first-order valence-corrected chi connectivity index (χ1v) is 10.9. The Balaban J connectivity index is 1.75. The SMILES string of the molecule is CC1(C)OB(C(=Cc2ccccc2CCl)CNC(=O)OCc2ccccc2)OC1(C)C. The van der Waals surface area contributed by atoms with E-state index in [4.69, 9.17) is 25.6 Å². The number of alkyl halides is 1. The topological polar surface area (TPSA) is 56.8 Å². The minimum atomic E-state index is -0.595. The molecule has 1 N–H and O–H groups in total. The third-order valence-corrected chi connectivity index (χ3v) is 6.03. The first-order chi connectivity index (χ1) is 14.7. The molecule has 1 amide bonds. The summed E-state index contributed by atoms with van der Waals surface area (Å²) in [5.74, 6) is 0.385. The van der Waals surface area contributed by atoms with Crippen molar-refractivity contribution in [2.24, 2.45) is 0 Å². The highest BCUT2D eigenvalue weighted by Gasteiger charge is 2.52. The van der Waals surface area contributed by atoms with Gasteiger partial charge in [0, 0.05) is 12.4 Å². The fourth-order valence-electron chi connectivity index (χ4n) is 3.14. The van der Waals surface area contributed by atoms with Gasteiger partial charge in [-0.05, 0) is 49.9 Å². The number of ether oxygens (including phenoxy) is 1. The lowest BCUT2D eigenvalue weighted by atomic mass is 9.76. The predicted molar refractivity (Wildman–Crippen MR) is 125 cm³/mol. The monoisotopic (exact) mass is 441 g/mol. The zero-order valence-electron chi connectivity index (χ0n) is 18.5. The number of alkyl carbamates (subject to hydrolysis) is 1. The van der Waals surface area contributed by atoms with E-state index in [2.05, 4.69) is 5.32 Å². The lowest BCUT2D eigenvalue weighted by Gasteiger charge is -2.32. The van der Waals surface area contributed by atoms with Crippen LogP contribution in [0.2, 0.25) is 0 Å². The quantitative estimate of drug-likeness (QED) is 0.464. The number of carbonyl (C=O) groups excluding carboxylic acids is 1. The summed E-state index contributed by atoms with van der Waals surface area (Å²) in [7, 11) is -0.595. The van der Waals surface area contributed by atoms with Crippen molar-refractivity contribution in [2.45, 2.75) is 51.4 Å². The molecule has 1 heterocycles. The third kappa shape index (κ3) is 5.91. The van der Waals surface area contributed by atoms with Gasteiger partial charge in [0.2, 0.25) is 0 Å². The van der Waals surface area contributed by atoms with E-state index in [1.807, 2.05) is 88.4 Å². The van der Waals surface area contributed by atoms with Crippen molar-refractivity contribution in [3.63, 3.8) is 0 Å². The molecule has 2 aromatic rings. The van der Waals surface area contributed by atoms with Gasteiger partial charge < -0.3 is 19.4 Å². The maximum absolute atomic E-state index is 12.3. The van der Waals surface area contributed by atoms with Gasteiger partial charge in [0.15, 0.2) is 0 Å². The molecule has 7 heteroatoms. The van der Waals surface area contributed by atoms with Crippen LogP contribution in [-0.4, -0.2) is 31.0 Å². The Morgan fingerprint density at radius 1 is 1.03 bits per heavy atom. The first kappa shape index (κ1) is 23.4. The average molecular weight is 442 g/mol. The van der Waals surface area contributed by atoms with Gasteiger partial charge >= 0.3 is 13.2 Å². The molecule has 0 saturated carbocycles. The Hall–Kier alpha value is -2.28. The van der Waals surface area contributed by atoms with E-state index >= 15 is 0 Å². The maximum atomic E-state index is 12.3. The lowest BCUT2D eigenvalue weighted by molar-refractivity contribution is 0.00578. The van der Waals surface area contributed by atoms with Crippen LogP contribution in [0.3, 0.4) is 0 Å². The van der Waals surface area contributed by atoms with Crippen LogP contribution in [0, 0.1) is 0 Å². The molecule has 5 nitrogen and oxygen atoms in total. The molecule has 0 spiro atoms. The smallest absolute Gasteiger partial charge is 0.445 e. The van der Waals surface area contributed by atoms with Gasteiger partial charge in [-0.25, -0.2) is 4.79 Å². The van der Waals surface area contributed by atoms with Crippen LogP contribution in [0.4, 0.5) is 4.79 Å². The molecule has 1 saturated heterocycles. The van der Waals surface area contributed by atoms with Gasteiger partial charge in [0.25, 0.3) is 0 Å². The minimum absolute atomic E-state index is 0.206. The summed E-state index contributed by atoms with van der Waals surface area (Å²) in [6.07, 6.45) is 1.47. The van der Waals surface area contributed by atoms with Gasteiger partial charge in [-0.3, -0.25) is 0 Å². The standard InChI is InChI=1S/C24H29BClNO4/c1-23(2)24(3,4)31-25(30-23)21(14-19-12-8-9-13-20(19)15-26)16-27-22(28)29-17-18-10-6-5-7-11-18/h5-14H,15-17H2,1-4H3,(H,27,28). The Morgan fingerprint density at radius 2 is 1.65 bits per heavy atom. The largest absolute Gasteiger partial charge is 0.492 e. The molecule has 31 heavy (non-hydrogen) atoms. The van der Waals surface area contributed by atoms with Crippen molar-refractivity contribution in [3.05, 3.63) is 76.8 Å². The van der Waals surface area contributed by atoms with Crippen molar-refractivity contribution in [1.29, 1.82) is 0 Å². The van der Waals surface area contributed by atoms with E-state index in [-0.39, 0.29) is 13.2 Å². The van der Waals surface area contributed by atoms with E-state index in [0.717, 1.165) is 22.2 Å². The normalized spacial score (nSPS) is 17.5. The Kier molecular flexibility index (Phi) is 7.47. The number of rotatable bonds is 7. The summed E-state index contributed by atoms with van der Waals surface area (Å²) < 4.78 is 17.8. The van der Waals surface area contributed by atoms with Crippen molar-refractivity contribution in [2.75, 3.05) is 6.54 Å². The Labute approximate surface area is 189 Å². The molecule has 1 aliphatic rings. The minimum Gasteiger partial charge on any atom is -0.445 e. The molecular weight excluding hydrogens is 413 g/mol. The fourth-order valence-corrected chi connectivity index (χ4v) is 3.39. The number of hydrogen-bond donors (Lipinski definition) is 1. The van der Waals surface area contributed by atoms with Crippen molar-refractivity contribution < 1.29 is 18.8 Å². The first-order valence-electron chi connectivity index (χ1n) is 10.4. The molecule has 1 fully saturated rings. The maximum Gasteiger partial charge on any atom is 0.492 e. The van der Waals surface area contributed by atoms with Crippen molar-refractivity contribution in [3.8, 4) is 0 Å². The second-order valence-corrected chi connectivity index (χ2v) is 8.82. The molecule has 0 radical (unpaired) electrons. The van der Waals surface area contributed by atoms with Crippen LogP contribution in [0.25, 0.3) is 6.08 Å². The highest BCUT2D eigenvalue weighted by molar-refractivity contribution is 6.56. The number of benzene rings is 2. The van der Waals surface area contributed by atoms with Crippen molar-refractivity contribution in [1.82, 2.24) is 5.32 Å². The molecule has 0 atom stereocenters. The van der Waals surface area contributed by atoms with Gasteiger partial charge in [0.05, 0.1) is 11.2 Å². The number of hydrogen-bond acceptors (Lipinski definition) is 4. The number of amides is 1. The van der Waals surface area contributed by atoms with Gasteiger partial charge in [-0.15, -0.1) is 11.6 Å². The summed E-state index contributed by atoms with van der Waals surface area (Å²) >= 11 is 6.11. The van der Waals surface area contributed by atoms with E-state index in [9.17, 15) is 4.79 Å². The molecule has 0 aliphatic carbocycles. The highest BCUT2D eigenvalue weighted by Crippen LogP contribution is 2.38. The average Bonchev–Trinajstić information content (AvgIpc) is 2.97. The molecular formula is C24H29BClNO4. The van der Waals surface area contributed by atoms with E-state index in [1.165, 1.54) is 0 Å². The molecule has 0 aromatic heterocycles. The van der Waals surface area contributed by atoms with Crippen molar-refractivity contribution >= 4 is 30.9 Å². The van der Waals surface area contributed by atoms with Crippen LogP contribution in [-0.2, 0) is 26.5 Å². The summed E-state index contributed by atoms with van der Waals surface area (Å²) in [4.78, 5) is 12.3. The van der Waals surface area contributed by atoms with Gasteiger partial charge in [-0.1, -0.05) is 60.7 Å². The molecule has 0 bridgehead atoms. The Bertz CT molecular complexity index is 914. The number of halogens is 1. The summed E-state index contributed by atoms with van der Waals surface area (Å²) in [6, 6.07) is 17.4. The second-order valence-electron chi connectivity index (χ2n) is 8.56. The molecule has 0 unspecified atom stereocenters. The fraction of sp³-hybridized carbons (Fsp3) is 0.375. The second kappa shape index (κ2) is 9.90. The number of nitrogens with one attached hydrogen (secondary N) is 1. The van der Waals surface area contributed by atoms with Crippen LogP contribution in [0.5, 0.6) is 0 Å². The number of carbonyl (C=O) groups is 1. The predicted octanol–water partition coefficient (Wildman–Crippen LogP) is 5.37. The lowest BCUT2D eigenvalue weighted by Crippen LogP contribution is -2.41. The van der Waals surface area contributed by atoms with Crippen LogP contribution >= 0.6 is 11.6 Å². The molecule has 3 rings (SSSR count). The summed E-state index contributed by atoms with van der Waals surface area (Å²) in [5.41, 5.74) is 2.68. The van der Waals surface area contributed by atoms with Crippen LogP contribution in [0.1, 0.15) is 44.4 Å². The third-order valence-electron chi connectivity index (χ3n) is 5.75. The highest BCUT2D eigenvalue weighted by atomic mass is 35.5. The Morgan fingerprint density at radius 3 is 2.29 bits per heavy atom. The van der Waals surface area contributed by atoms with Crippen LogP contribution < -0.4 is 5.32 Å². The summed E-state index contributed by atoms with van der Waals surface area (Å²) in [6.45, 7) is 8.42. The van der Waals surface area contributed by atoms with E-state index in [1.54, 1.807) is 0 Å². The van der Waals surface area contributed by atoms with Gasteiger partial charge in [-0.2, -0.15) is 0 Å². The zero-order chi connectivity index (χ0) is 22.5. The zero-order valence-corrected chi connectivity index (χ0v) is 19.2. The molecule has 2 aromatic carbocycles. The van der Waals surface area contributed by atoms with Gasteiger partial charge in [0.1, 0.15) is 6.61 Å².